The molecule has 96 valence electrons. The van der Waals surface area contributed by atoms with Crippen molar-refractivity contribution in [3.8, 4) is 0 Å². The highest BCUT2D eigenvalue weighted by Gasteiger charge is 2.43. The smallest absolute Gasteiger partial charge is 0.253 e. The number of amides is 1. The number of morpholine rings is 1. The monoisotopic (exact) mass is 238 g/mol. The lowest BCUT2D eigenvalue weighted by Gasteiger charge is -2.28. The van der Waals surface area contributed by atoms with E-state index in [1.807, 2.05) is 4.90 Å². The summed E-state index contributed by atoms with van der Waals surface area (Å²) in [6.45, 7) is 4.13. The molecule has 0 radical (unpaired) electrons. The minimum absolute atomic E-state index is 0.209. The molecular formula is C13H22N2O2. The number of hydrogen-bond acceptors (Lipinski definition) is 3. The first-order valence-corrected chi connectivity index (χ1v) is 6.90. The molecule has 4 nitrogen and oxygen atoms in total. The first-order chi connectivity index (χ1) is 8.29. The number of rotatable bonds is 1. The second-order valence-electron chi connectivity index (χ2n) is 5.78. The molecule has 3 fully saturated rings. The molecule has 0 aromatic rings. The Kier molecular flexibility index (Phi) is 3.09. The summed E-state index contributed by atoms with van der Waals surface area (Å²) in [4.78, 5) is 14.3. The Morgan fingerprint density at radius 2 is 2.12 bits per heavy atom. The molecule has 2 aliphatic heterocycles. The Balaban J connectivity index is 1.59. The van der Waals surface area contributed by atoms with Crippen LogP contribution in [0.15, 0.2) is 0 Å². The molecule has 17 heavy (non-hydrogen) atoms. The Morgan fingerprint density at radius 3 is 2.82 bits per heavy atom. The molecule has 1 unspecified atom stereocenters. The lowest BCUT2D eigenvalue weighted by Crippen LogP contribution is -2.49. The minimum atomic E-state index is -0.236. The van der Waals surface area contributed by atoms with Gasteiger partial charge < -0.3 is 15.0 Å². The SMILES string of the molecule is O=C(C1CNCCO1)N1CCC2(CCCC2)C1. The maximum absolute atomic E-state index is 12.3. The van der Waals surface area contributed by atoms with E-state index >= 15 is 0 Å². The van der Waals surface area contributed by atoms with Crippen LogP contribution in [0, 0.1) is 5.41 Å². The van der Waals surface area contributed by atoms with E-state index in [1.54, 1.807) is 0 Å². The summed E-state index contributed by atoms with van der Waals surface area (Å²) in [6, 6.07) is 0. The number of likely N-dealkylation sites (tertiary alicyclic amines) is 1. The summed E-state index contributed by atoms with van der Waals surface area (Å²) in [5.74, 6) is 0.209. The van der Waals surface area contributed by atoms with Crippen LogP contribution in [0.25, 0.3) is 0 Å². The van der Waals surface area contributed by atoms with Crippen molar-refractivity contribution in [3.05, 3.63) is 0 Å². The summed E-state index contributed by atoms with van der Waals surface area (Å²) in [5, 5.41) is 3.23. The van der Waals surface area contributed by atoms with Crippen LogP contribution in [-0.4, -0.2) is 49.7 Å². The van der Waals surface area contributed by atoms with E-state index < -0.39 is 0 Å². The van der Waals surface area contributed by atoms with Gasteiger partial charge >= 0.3 is 0 Å². The van der Waals surface area contributed by atoms with Crippen LogP contribution >= 0.6 is 0 Å². The third kappa shape index (κ3) is 2.20. The van der Waals surface area contributed by atoms with E-state index in [4.69, 9.17) is 4.74 Å². The molecule has 3 rings (SSSR count). The predicted molar refractivity (Wildman–Crippen MR) is 64.7 cm³/mol. The maximum Gasteiger partial charge on any atom is 0.253 e. The van der Waals surface area contributed by atoms with E-state index in [0.717, 1.165) is 19.6 Å². The van der Waals surface area contributed by atoms with Gasteiger partial charge in [0.2, 0.25) is 0 Å². The molecule has 1 amide bonds. The Labute approximate surface area is 103 Å². The number of nitrogens with one attached hydrogen (secondary N) is 1. The third-order valence-corrected chi connectivity index (χ3v) is 4.62. The van der Waals surface area contributed by atoms with Crippen LogP contribution in [-0.2, 0) is 9.53 Å². The highest BCUT2D eigenvalue weighted by atomic mass is 16.5. The van der Waals surface area contributed by atoms with Crippen molar-refractivity contribution in [1.82, 2.24) is 10.2 Å². The van der Waals surface area contributed by atoms with Crippen LogP contribution in [0.1, 0.15) is 32.1 Å². The zero-order chi connectivity index (χ0) is 11.7. The van der Waals surface area contributed by atoms with Gasteiger partial charge in [0.25, 0.3) is 5.91 Å². The van der Waals surface area contributed by atoms with Gasteiger partial charge in [-0.15, -0.1) is 0 Å². The van der Waals surface area contributed by atoms with Crippen molar-refractivity contribution in [2.24, 2.45) is 5.41 Å². The van der Waals surface area contributed by atoms with E-state index in [0.29, 0.717) is 18.6 Å². The zero-order valence-corrected chi connectivity index (χ0v) is 10.4. The van der Waals surface area contributed by atoms with Crippen molar-refractivity contribution in [2.45, 2.75) is 38.2 Å². The molecule has 0 aromatic heterocycles. The quantitative estimate of drug-likeness (QED) is 0.733. The van der Waals surface area contributed by atoms with E-state index in [-0.39, 0.29) is 12.0 Å². The topological polar surface area (TPSA) is 41.6 Å². The number of ether oxygens (including phenoxy) is 1. The van der Waals surface area contributed by atoms with Crippen LogP contribution in [0.5, 0.6) is 0 Å². The molecule has 1 atom stereocenters. The molecule has 0 bridgehead atoms. The Hall–Kier alpha value is -0.610. The molecule has 1 spiro atoms. The predicted octanol–water partition coefficient (Wildman–Crippen LogP) is 0.767. The normalized spacial score (nSPS) is 32.2. The van der Waals surface area contributed by atoms with E-state index in [9.17, 15) is 4.79 Å². The third-order valence-electron chi connectivity index (χ3n) is 4.62. The summed E-state index contributed by atoms with van der Waals surface area (Å²) < 4.78 is 5.55. The first kappa shape index (κ1) is 11.5. The van der Waals surface area contributed by atoms with Gasteiger partial charge in [-0.05, 0) is 24.7 Å². The van der Waals surface area contributed by atoms with Crippen LogP contribution in [0.4, 0.5) is 0 Å². The van der Waals surface area contributed by atoms with Gasteiger partial charge in [0.1, 0.15) is 6.10 Å². The Morgan fingerprint density at radius 1 is 1.29 bits per heavy atom. The molecule has 3 aliphatic rings. The number of carbonyl (C=O) groups is 1. The molecule has 2 heterocycles. The summed E-state index contributed by atoms with van der Waals surface area (Å²) in [7, 11) is 0. The van der Waals surface area contributed by atoms with Gasteiger partial charge in [-0.2, -0.15) is 0 Å². The van der Waals surface area contributed by atoms with Crippen molar-refractivity contribution >= 4 is 5.91 Å². The fourth-order valence-electron chi connectivity index (χ4n) is 3.58. The van der Waals surface area contributed by atoms with Crippen molar-refractivity contribution < 1.29 is 9.53 Å². The van der Waals surface area contributed by atoms with Crippen molar-refractivity contribution in [1.29, 1.82) is 0 Å². The molecule has 2 saturated heterocycles. The zero-order valence-electron chi connectivity index (χ0n) is 10.4. The number of nitrogens with zero attached hydrogens (tertiary/aromatic N) is 1. The fraction of sp³-hybridized carbons (Fsp3) is 0.923. The van der Waals surface area contributed by atoms with Gasteiger partial charge in [-0.3, -0.25) is 4.79 Å². The van der Waals surface area contributed by atoms with Crippen molar-refractivity contribution in [2.75, 3.05) is 32.8 Å². The van der Waals surface area contributed by atoms with E-state index in [1.165, 1.54) is 32.1 Å². The van der Waals surface area contributed by atoms with Crippen LogP contribution in [0.2, 0.25) is 0 Å². The van der Waals surface area contributed by atoms with Gasteiger partial charge in [0.15, 0.2) is 0 Å². The average Bonchev–Trinajstić information content (AvgIpc) is 3.01. The number of hydrogen-bond donors (Lipinski definition) is 1. The fourth-order valence-corrected chi connectivity index (χ4v) is 3.58. The van der Waals surface area contributed by atoms with Gasteiger partial charge in [0, 0.05) is 26.2 Å². The molecule has 4 heteroatoms. The first-order valence-electron chi connectivity index (χ1n) is 6.90. The van der Waals surface area contributed by atoms with Gasteiger partial charge in [-0.25, -0.2) is 0 Å². The lowest BCUT2D eigenvalue weighted by molar-refractivity contribution is -0.144. The van der Waals surface area contributed by atoms with E-state index in [2.05, 4.69) is 5.32 Å². The highest BCUT2D eigenvalue weighted by molar-refractivity contribution is 5.81. The highest BCUT2D eigenvalue weighted by Crippen LogP contribution is 2.45. The minimum Gasteiger partial charge on any atom is -0.366 e. The van der Waals surface area contributed by atoms with Crippen LogP contribution < -0.4 is 5.32 Å². The maximum atomic E-state index is 12.3. The van der Waals surface area contributed by atoms with Crippen molar-refractivity contribution in [3.63, 3.8) is 0 Å². The molecule has 1 aliphatic carbocycles. The van der Waals surface area contributed by atoms with Gasteiger partial charge in [-0.1, -0.05) is 12.8 Å². The second kappa shape index (κ2) is 4.58. The molecule has 1 saturated carbocycles. The van der Waals surface area contributed by atoms with Gasteiger partial charge in [0.05, 0.1) is 6.61 Å². The lowest BCUT2D eigenvalue weighted by atomic mass is 9.86. The van der Waals surface area contributed by atoms with Crippen LogP contribution in [0.3, 0.4) is 0 Å². The Bertz CT molecular complexity index is 294. The average molecular weight is 238 g/mol. The molecule has 0 aromatic carbocycles. The standard InChI is InChI=1S/C13H22N2O2/c16-12(11-9-14-6-8-17-11)15-7-5-13(10-15)3-1-2-4-13/h11,14H,1-10H2. The second-order valence-corrected chi connectivity index (χ2v) is 5.78. The molecule has 1 N–H and O–H groups in total. The largest absolute Gasteiger partial charge is 0.366 e. The summed E-state index contributed by atoms with van der Waals surface area (Å²) >= 11 is 0. The summed E-state index contributed by atoms with van der Waals surface area (Å²) in [6.07, 6.45) is 6.31. The molecular weight excluding hydrogens is 216 g/mol. The summed E-state index contributed by atoms with van der Waals surface area (Å²) in [5.41, 5.74) is 0.470. The number of carbonyl (C=O) groups excluding carboxylic acids is 1.